The molecule has 0 radical (unpaired) electrons. The lowest BCUT2D eigenvalue weighted by molar-refractivity contribution is -0.126. The molecule has 0 aliphatic heterocycles. The van der Waals surface area contributed by atoms with Crippen molar-refractivity contribution in [2.75, 3.05) is 19.8 Å². The number of hydrogen-bond donors (Lipinski definition) is 2. The Kier molecular flexibility index (Phi) is 8.07. The molecule has 39 heavy (non-hydrogen) atoms. The molecule has 204 valence electrons. The van der Waals surface area contributed by atoms with Gasteiger partial charge in [-0.2, -0.15) is 5.10 Å². The zero-order valence-corrected chi connectivity index (χ0v) is 22.9. The van der Waals surface area contributed by atoms with E-state index >= 15 is 0 Å². The van der Waals surface area contributed by atoms with Crippen LogP contribution in [-0.2, 0) is 4.79 Å². The maximum absolute atomic E-state index is 12.9. The third-order valence-corrected chi connectivity index (χ3v) is 7.50. The number of benzene rings is 2. The van der Waals surface area contributed by atoms with Crippen molar-refractivity contribution in [1.29, 1.82) is 0 Å². The summed E-state index contributed by atoms with van der Waals surface area (Å²) in [6.07, 6.45) is 6.92. The first-order valence-electron chi connectivity index (χ1n) is 13.7. The van der Waals surface area contributed by atoms with Crippen LogP contribution in [0.25, 0.3) is 22.3 Å². The molecule has 2 aromatic carbocycles. The summed E-state index contributed by atoms with van der Waals surface area (Å²) >= 11 is 0. The normalized spacial score (nSPS) is 18.3. The maximum atomic E-state index is 12.9. The van der Waals surface area contributed by atoms with E-state index in [1.54, 1.807) is 0 Å². The highest BCUT2D eigenvalue weighted by molar-refractivity contribution is 5.98. The number of para-hydroxylation sites is 1. The number of rotatable bonds is 9. The van der Waals surface area contributed by atoms with Crippen molar-refractivity contribution in [3.8, 4) is 22.8 Å². The molecule has 1 aliphatic rings. The molecule has 4 aromatic rings. The van der Waals surface area contributed by atoms with Crippen LogP contribution in [0, 0.1) is 0 Å². The van der Waals surface area contributed by atoms with Crippen molar-refractivity contribution in [3.63, 3.8) is 0 Å². The second-order valence-corrected chi connectivity index (χ2v) is 10.5. The fourth-order valence-corrected chi connectivity index (χ4v) is 5.42. The van der Waals surface area contributed by atoms with Gasteiger partial charge in [0.1, 0.15) is 29.3 Å². The second-order valence-electron chi connectivity index (χ2n) is 10.5. The highest BCUT2D eigenvalue weighted by Crippen LogP contribution is 2.36. The van der Waals surface area contributed by atoms with E-state index in [9.17, 15) is 4.79 Å². The van der Waals surface area contributed by atoms with Crippen molar-refractivity contribution in [3.05, 3.63) is 60.9 Å². The van der Waals surface area contributed by atoms with Gasteiger partial charge in [-0.15, -0.1) is 0 Å². The van der Waals surface area contributed by atoms with Crippen LogP contribution in [0.3, 0.4) is 0 Å². The molecule has 0 saturated heterocycles. The van der Waals surface area contributed by atoms with Gasteiger partial charge >= 0.3 is 0 Å². The average molecular weight is 528 g/mol. The minimum atomic E-state index is -0.0884. The van der Waals surface area contributed by atoms with E-state index in [0.29, 0.717) is 5.82 Å². The van der Waals surface area contributed by atoms with E-state index in [0.717, 1.165) is 72.3 Å². The molecule has 2 aromatic heterocycles. The molecular formula is C30H37N7O2. The average Bonchev–Trinajstić information content (AvgIpc) is 3.34. The summed E-state index contributed by atoms with van der Waals surface area (Å²) in [6.45, 7) is 2.11. The van der Waals surface area contributed by atoms with E-state index in [2.05, 4.69) is 22.2 Å². The molecule has 9 heteroatoms. The van der Waals surface area contributed by atoms with Gasteiger partial charge in [-0.25, -0.2) is 14.6 Å². The molecule has 1 atom stereocenters. The number of ether oxygens (including phenoxy) is 1. The largest absolute Gasteiger partial charge is 0.457 e. The molecule has 5 rings (SSSR count). The van der Waals surface area contributed by atoms with E-state index < -0.39 is 0 Å². The Morgan fingerprint density at radius 2 is 1.74 bits per heavy atom. The standard InChI is InChI=1S/C30H37N7O2/c1-4-8-25(36(2)3)30(38)34-21-13-15-22(16-14-21)37-29-26(28(31)32-19-33-29)27(35-37)20-11-17-24(18-12-20)39-23-9-6-5-7-10-23/h5-7,9-12,17-19,21-22,25H,4,8,13-16H2,1-3H3,(H,34,38)(H2,31,32,33)/t21?,22?,25-/m1/s1. The van der Waals surface area contributed by atoms with Gasteiger partial charge in [0.2, 0.25) is 5.91 Å². The van der Waals surface area contributed by atoms with Crippen molar-refractivity contribution in [2.24, 2.45) is 0 Å². The Balaban J connectivity index is 1.33. The van der Waals surface area contributed by atoms with E-state index in [1.807, 2.05) is 78.3 Å². The van der Waals surface area contributed by atoms with Gasteiger partial charge in [0.25, 0.3) is 0 Å². The van der Waals surface area contributed by atoms with Gasteiger partial charge in [0, 0.05) is 11.6 Å². The van der Waals surface area contributed by atoms with Gasteiger partial charge < -0.3 is 15.8 Å². The number of fused-ring (bicyclic) bond motifs is 1. The minimum absolute atomic E-state index is 0.0884. The maximum Gasteiger partial charge on any atom is 0.237 e. The smallest absolute Gasteiger partial charge is 0.237 e. The van der Waals surface area contributed by atoms with Crippen LogP contribution in [0.2, 0.25) is 0 Å². The molecule has 1 fully saturated rings. The van der Waals surface area contributed by atoms with Gasteiger partial charge in [-0.1, -0.05) is 31.5 Å². The van der Waals surface area contributed by atoms with Crippen LogP contribution in [0.4, 0.5) is 5.82 Å². The SMILES string of the molecule is CCC[C@H](C(=O)NC1CCC(n2nc(-c3ccc(Oc4ccccc4)cc3)c3c(N)ncnc32)CC1)N(C)C. The molecule has 2 heterocycles. The quantitative estimate of drug-likeness (QED) is 0.308. The number of anilines is 1. The third kappa shape index (κ3) is 5.88. The third-order valence-electron chi connectivity index (χ3n) is 7.50. The Morgan fingerprint density at radius 1 is 1.05 bits per heavy atom. The monoisotopic (exact) mass is 527 g/mol. The summed E-state index contributed by atoms with van der Waals surface area (Å²) in [5.74, 6) is 2.07. The molecule has 0 spiro atoms. The van der Waals surface area contributed by atoms with E-state index in [4.69, 9.17) is 15.6 Å². The minimum Gasteiger partial charge on any atom is -0.457 e. The highest BCUT2D eigenvalue weighted by atomic mass is 16.5. The molecule has 0 bridgehead atoms. The summed E-state index contributed by atoms with van der Waals surface area (Å²) in [4.78, 5) is 23.7. The number of nitrogen functional groups attached to an aromatic ring is 1. The highest BCUT2D eigenvalue weighted by Gasteiger charge is 2.29. The van der Waals surface area contributed by atoms with Crippen molar-refractivity contribution >= 4 is 22.8 Å². The zero-order valence-electron chi connectivity index (χ0n) is 22.9. The molecule has 1 aliphatic carbocycles. The number of carbonyl (C=O) groups excluding carboxylic acids is 1. The van der Waals surface area contributed by atoms with Crippen molar-refractivity contribution < 1.29 is 9.53 Å². The van der Waals surface area contributed by atoms with Gasteiger partial charge in [-0.3, -0.25) is 9.69 Å². The van der Waals surface area contributed by atoms with Crippen molar-refractivity contribution in [2.45, 2.75) is 63.6 Å². The summed E-state index contributed by atoms with van der Waals surface area (Å²) in [5, 5.41) is 9.07. The van der Waals surface area contributed by atoms with Crippen LogP contribution in [-0.4, -0.2) is 56.7 Å². The number of nitrogens with zero attached hydrogens (tertiary/aromatic N) is 5. The summed E-state index contributed by atoms with van der Waals surface area (Å²) in [5.41, 5.74) is 8.77. The van der Waals surface area contributed by atoms with Gasteiger partial charge in [-0.05, 0) is 82.6 Å². The number of nitrogens with one attached hydrogen (secondary N) is 1. The molecule has 9 nitrogen and oxygen atoms in total. The lowest BCUT2D eigenvalue weighted by Crippen LogP contribution is -2.48. The first-order chi connectivity index (χ1) is 18.9. The van der Waals surface area contributed by atoms with Crippen molar-refractivity contribution in [1.82, 2.24) is 30.0 Å². The fraction of sp³-hybridized carbons (Fsp3) is 0.400. The van der Waals surface area contributed by atoms with Crippen LogP contribution < -0.4 is 15.8 Å². The molecule has 0 unspecified atom stereocenters. The first kappa shape index (κ1) is 26.6. The number of amides is 1. The number of hydrogen-bond acceptors (Lipinski definition) is 7. The first-order valence-corrected chi connectivity index (χ1v) is 13.7. The number of nitrogens with two attached hydrogens (primary N) is 1. The fourth-order valence-electron chi connectivity index (χ4n) is 5.42. The van der Waals surface area contributed by atoms with E-state index in [-0.39, 0.29) is 24.0 Å². The molecular weight excluding hydrogens is 490 g/mol. The summed E-state index contributed by atoms with van der Waals surface area (Å²) in [6, 6.07) is 17.8. The van der Waals surface area contributed by atoms with E-state index in [1.165, 1.54) is 6.33 Å². The Hall–Kier alpha value is -3.98. The molecule has 1 amide bonds. The van der Waals surface area contributed by atoms with Crippen LogP contribution in [0.1, 0.15) is 51.5 Å². The summed E-state index contributed by atoms with van der Waals surface area (Å²) < 4.78 is 7.96. The number of likely N-dealkylation sites (N-methyl/N-ethyl adjacent to an activating group) is 1. The second kappa shape index (κ2) is 11.8. The predicted molar refractivity (Wildman–Crippen MR) is 154 cm³/mol. The Labute approximate surface area is 229 Å². The molecule has 3 N–H and O–H groups in total. The van der Waals surface area contributed by atoms with Crippen LogP contribution in [0.5, 0.6) is 11.5 Å². The topological polar surface area (TPSA) is 111 Å². The Bertz CT molecular complexity index is 1390. The van der Waals surface area contributed by atoms with Crippen LogP contribution in [0.15, 0.2) is 60.9 Å². The van der Waals surface area contributed by atoms with Crippen LogP contribution >= 0.6 is 0 Å². The summed E-state index contributed by atoms with van der Waals surface area (Å²) in [7, 11) is 3.93. The number of aromatic nitrogens is 4. The predicted octanol–water partition coefficient (Wildman–Crippen LogP) is 5.20. The lowest BCUT2D eigenvalue weighted by Gasteiger charge is -2.31. The molecule has 1 saturated carbocycles. The van der Waals surface area contributed by atoms with Gasteiger partial charge in [0.15, 0.2) is 5.65 Å². The zero-order chi connectivity index (χ0) is 27.4. The van der Waals surface area contributed by atoms with Gasteiger partial charge in [0.05, 0.1) is 17.5 Å². The Morgan fingerprint density at radius 3 is 2.41 bits per heavy atom. The number of carbonyl (C=O) groups is 1. The lowest BCUT2D eigenvalue weighted by atomic mass is 9.91.